The van der Waals surface area contributed by atoms with Crippen molar-refractivity contribution in [2.45, 2.75) is 5.25 Å². The molecule has 1 aromatic rings. The van der Waals surface area contributed by atoms with Gasteiger partial charge >= 0.3 is 5.97 Å². The molecule has 1 atom stereocenters. The zero-order valence-electron chi connectivity index (χ0n) is 9.41. The normalized spacial score (nSPS) is 17.1. The monoisotopic (exact) mass is 250 g/mol. The molecular weight excluding hydrogens is 236 g/mol. The van der Waals surface area contributed by atoms with Crippen molar-refractivity contribution in [1.82, 2.24) is 0 Å². The van der Waals surface area contributed by atoms with Crippen molar-refractivity contribution >= 4 is 16.9 Å². The van der Waals surface area contributed by atoms with Gasteiger partial charge in [-0.25, -0.2) is 0 Å². The summed E-state index contributed by atoms with van der Waals surface area (Å²) in [6.45, 7) is 0. The van der Waals surface area contributed by atoms with Gasteiger partial charge in [0.1, 0.15) is 11.0 Å². The molecule has 90 valence electrons. The Morgan fingerprint density at radius 2 is 2.06 bits per heavy atom. The van der Waals surface area contributed by atoms with Gasteiger partial charge in [-0.2, -0.15) is 10.9 Å². The van der Waals surface area contributed by atoms with Crippen LogP contribution >= 0.6 is 10.9 Å². The fraction of sp³-hybridized carbons (Fsp3) is 0.154. The van der Waals surface area contributed by atoms with Crippen molar-refractivity contribution in [3.63, 3.8) is 0 Å². The number of methoxy groups -OCH3 is 1. The van der Waals surface area contributed by atoms with Gasteiger partial charge in [0.25, 0.3) is 0 Å². The van der Waals surface area contributed by atoms with Crippen LogP contribution in [0, 0.1) is 0 Å². The highest BCUT2D eigenvalue weighted by Crippen LogP contribution is 2.48. The number of phenolic OH excluding ortho intramolecular Hbond substituents is 1. The van der Waals surface area contributed by atoms with Gasteiger partial charge in [-0.15, -0.1) is 0 Å². The van der Waals surface area contributed by atoms with Crippen LogP contribution in [0.25, 0.3) is 0 Å². The Morgan fingerprint density at radius 1 is 1.35 bits per heavy atom. The Morgan fingerprint density at radius 3 is 2.65 bits per heavy atom. The second kappa shape index (κ2) is 5.10. The van der Waals surface area contributed by atoms with E-state index in [-0.39, 0.29) is 17.0 Å². The highest BCUT2D eigenvalue weighted by Gasteiger charge is 2.26. The molecule has 3 nitrogen and oxygen atoms in total. The number of thiol groups is 1. The summed E-state index contributed by atoms with van der Waals surface area (Å²) in [6, 6.07) is 6.78. The largest absolute Gasteiger partial charge is 0.508 e. The van der Waals surface area contributed by atoms with Crippen molar-refractivity contribution < 1.29 is 14.6 Å². The lowest BCUT2D eigenvalue weighted by Gasteiger charge is -2.22. The summed E-state index contributed by atoms with van der Waals surface area (Å²) in [7, 11) is 0.697. The number of aromatic hydroxyl groups is 1. The fourth-order valence-corrected chi connectivity index (χ4v) is 3.65. The summed E-state index contributed by atoms with van der Waals surface area (Å²) in [5, 5.41) is 13.2. The molecule has 0 saturated carbocycles. The average Bonchev–Trinajstić information content (AvgIpc) is 2.83. The van der Waals surface area contributed by atoms with E-state index < -0.39 is 10.9 Å². The van der Waals surface area contributed by atoms with E-state index in [1.807, 2.05) is 29.0 Å². The Labute approximate surface area is 103 Å². The van der Waals surface area contributed by atoms with E-state index in [1.165, 1.54) is 7.11 Å². The van der Waals surface area contributed by atoms with Gasteiger partial charge in [-0.1, -0.05) is 24.3 Å². The van der Waals surface area contributed by atoms with Crippen LogP contribution in [0.3, 0.4) is 0 Å². The SMILES string of the molecule is COC(=O)C(c1cccc(O)c1)[SH]1C=CC=C1. The molecule has 0 saturated heterocycles. The smallest absolute Gasteiger partial charge is 0.322 e. The number of esters is 1. The van der Waals surface area contributed by atoms with Gasteiger partial charge in [0.05, 0.1) is 7.11 Å². The molecule has 1 unspecified atom stereocenters. The van der Waals surface area contributed by atoms with E-state index in [0.29, 0.717) is 0 Å². The standard InChI is InChI=1S/C13H14O3S/c1-16-13(15)12(17-7-2-3-8-17)10-5-4-6-11(14)9-10/h2-9,12,14,17H,1H3. The second-order valence-corrected chi connectivity index (χ2v) is 5.66. The number of ether oxygens (including phenoxy) is 1. The molecule has 0 aliphatic carbocycles. The number of allylic oxidation sites excluding steroid dienone is 2. The first kappa shape index (κ1) is 11.8. The van der Waals surface area contributed by atoms with Gasteiger partial charge in [-0.3, -0.25) is 4.79 Å². The minimum atomic E-state index is -0.689. The molecule has 0 amide bonds. The van der Waals surface area contributed by atoms with Gasteiger partial charge in [0.15, 0.2) is 0 Å². The summed E-state index contributed by atoms with van der Waals surface area (Å²) in [6.07, 6.45) is 3.87. The van der Waals surface area contributed by atoms with Crippen LogP contribution in [0.5, 0.6) is 5.75 Å². The van der Waals surface area contributed by atoms with Gasteiger partial charge in [0, 0.05) is 0 Å². The molecule has 0 spiro atoms. The molecule has 0 aromatic heterocycles. The summed E-state index contributed by atoms with van der Waals surface area (Å²) in [5.74, 6) is -0.100. The summed E-state index contributed by atoms with van der Waals surface area (Å²) in [5.41, 5.74) is 0.791. The lowest BCUT2D eigenvalue weighted by molar-refractivity contribution is -0.140. The number of benzene rings is 1. The molecule has 1 aliphatic rings. The Bertz CT molecular complexity index is 467. The summed E-state index contributed by atoms with van der Waals surface area (Å²) in [4.78, 5) is 11.9. The second-order valence-electron chi connectivity index (χ2n) is 3.65. The van der Waals surface area contributed by atoms with E-state index >= 15 is 0 Å². The number of hydrogen-bond donors (Lipinski definition) is 2. The van der Waals surface area contributed by atoms with Crippen LogP contribution in [0.4, 0.5) is 0 Å². The van der Waals surface area contributed by atoms with Crippen molar-refractivity contribution in [1.29, 1.82) is 0 Å². The van der Waals surface area contributed by atoms with Crippen LogP contribution in [0.1, 0.15) is 10.8 Å². The van der Waals surface area contributed by atoms with Crippen LogP contribution in [0.2, 0.25) is 0 Å². The first-order valence-corrected chi connectivity index (χ1v) is 6.76. The third kappa shape index (κ3) is 2.53. The van der Waals surface area contributed by atoms with Crippen LogP contribution in [-0.2, 0) is 9.53 Å². The zero-order chi connectivity index (χ0) is 12.3. The maximum Gasteiger partial charge on any atom is 0.322 e. The maximum atomic E-state index is 11.9. The zero-order valence-corrected chi connectivity index (χ0v) is 10.3. The van der Waals surface area contributed by atoms with Crippen LogP contribution in [-0.4, -0.2) is 18.2 Å². The summed E-state index contributed by atoms with van der Waals surface area (Å²) < 4.78 is 4.85. The molecule has 0 bridgehead atoms. The van der Waals surface area contributed by atoms with E-state index in [9.17, 15) is 9.90 Å². The predicted molar refractivity (Wildman–Crippen MR) is 70.1 cm³/mol. The van der Waals surface area contributed by atoms with Crippen LogP contribution in [0.15, 0.2) is 47.2 Å². The lowest BCUT2D eigenvalue weighted by Crippen LogP contribution is -2.13. The predicted octanol–water partition coefficient (Wildman–Crippen LogP) is 2.65. The third-order valence-electron chi connectivity index (χ3n) is 2.54. The first-order valence-electron chi connectivity index (χ1n) is 5.21. The van der Waals surface area contributed by atoms with E-state index in [4.69, 9.17) is 4.74 Å². The number of carbonyl (C=O) groups excluding carboxylic acids is 1. The van der Waals surface area contributed by atoms with Gasteiger partial charge in [-0.05, 0) is 28.5 Å². The molecule has 0 radical (unpaired) electrons. The molecule has 1 aliphatic heterocycles. The van der Waals surface area contributed by atoms with Gasteiger partial charge < -0.3 is 9.84 Å². The topological polar surface area (TPSA) is 46.5 Å². The molecule has 1 heterocycles. The molecular formula is C13H14O3S. The molecule has 0 fully saturated rings. The third-order valence-corrected chi connectivity index (χ3v) is 4.67. The number of carbonyl (C=O) groups is 1. The highest BCUT2D eigenvalue weighted by molar-refractivity contribution is 8.23. The number of hydrogen-bond acceptors (Lipinski definition) is 3. The van der Waals surface area contributed by atoms with Crippen molar-refractivity contribution in [3.05, 3.63) is 52.8 Å². The van der Waals surface area contributed by atoms with Crippen molar-refractivity contribution in [2.24, 2.45) is 0 Å². The number of phenols is 1. The summed E-state index contributed by atoms with van der Waals surface area (Å²) >= 11 is 0. The van der Waals surface area contributed by atoms with Gasteiger partial charge in [0.2, 0.25) is 0 Å². The quantitative estimate of drug-likeness (QED) is 0.640. The first-order chi connectivity index (χ1) is 8.22. The van der Waals surface area contributed by atoms with E-state index in [0.717, 1.165) is 5.56 Å². The Kier molecular flexibility index (Phi) is 3.54. The fourth-order valence-electron chi connectivity index (χ4n) is 1.76. The van der Waals surface area contributed by atoms with Crippen molar-refractivity contribution in [3.8, 4) is 5.75 Å². The molecule has 4 heteroatoms. The number of rotatable bonds is 3. The van der Waals surface area contributed by atoms with E-state index in [2.05, 4.69) is 0 Å². The Hall–Kier alpha value is -1.68. The molecule has 2 rings (SSSR count). The maximum absolute atomic E-state index is 11.9. The minimum absolute atomic E-state index is 0.165. The Balaban J connectivity index is 2.36. The molecule has 1 aromatic carbocycles. The van der Waals surface area contributed by atoms with Crippen molar-refractivity contribution in [2.75, 3.05) is 7.11 Å². The molecule has 17 heavy (non-hydrogen) atoms. The van der Waals surface area contributed by atoms with Crippen LogP contribution < -0.4 is 0 Å². The molecule has 1 N–H and O–H groups in total. The minimum Gasteiger partial charge on any atom is -0.508 e. The highest BCUT2D eigenvalue weighted by atomic mass is 32.2. The lowest BCUT2D eigenvalue weighted by atomic mass is 10.1. The van der Waals surface area contributed by atoms with E-state index in [1.54, 1.807) is 18.2 Å². The average molecular weight is 250 g/mol.